The maximum absolute atomic E-state index is 12.3. The Hall–Kier alpha value is -2.38. The molecule has 2 aromatic rings. The molecule has 23 heavy (non-hydrogen) atoms. The minimum atomic E-state index is -4.07. The second kappa shape index (κ2) is 7.26. The van der Waals surface area contributed by atoms with Gasteiger partial charge in [0.15, 0.2) is 5.75 Å². The van der Waals surface area contributed by atoms with Gasteiger partial charge < -0.3 is 15.2 Å². The number of anilines is 1. The van der Waals surface area contributed by atoms with Crippen LogP contribution in [0.25, 0.3) is 0 Å². The number of aryl methyl sites for hydroxylation is 1. The lowest BCUT2D eigenvalue weighted by Crippen LogP contribution is -2.19. The lowest BCUT2D eigenvalue weighted by Gasteiger charge is -2.07. The number of hydrogen-bond acceptors (Lipinski definition) is 6. The summed E-state index contributed by atoms with van der Waals surface area (Å²) in [6.45, 7) is 2.58. The average Bonchev–Trinajstić information content (AvgIpc) is 2.68. The Morgan fingerprint density at radius 2 is 1.74 bits per heavy atom. The minimum absolute atomic E-state index is 0.00882. The van der Waals surface area contributed by atoms with Crippen molar-refractivity contribution in [2.75, 3.05) is 18.4 Å². The fourth-order valence-corrected chi connectivity index (χ4v) is 2.80. The summed E-state index contributed by atoms with van der Waals surface area (Å²) in [5.74, 6) is -0.268. The fourth-order valence-electron chi connectivity index (χ4n) is 1.86. The molecule has 0 radical (unpaired) electrons. The predicted molar refractivity (Wildman–Crippen MR) is 89.2 cm³/mol. The Balaban J connectivity index is 2.38. The van der Waals surface area contributed by atoms with Crippen LogP contribution in [0.1, 0.15) is 5.56 Å². The van der Waals surface area contributed by atoms with Gasteiger partial charge in [-0.2, -0.15) is 8.42 Å². The third kappa shape index (κ3) is 4.30. The smallest absolute Gasteiger partial charge is 0.339 e. The van der Waals surface area contributed by atoms with Gasteiger partial charge in [-0.1, -0.05) is 29.8 Å². The van der Waals surface area contributed by atoms with E-state index in [0.29, 0.717) is 13.1 Å². The van der Waals surface area contributed by atoms with Crippen LogP contribution in [0.5, 0.6) is 5.75 Å². The highest BCUT2D eigenvalue weighted by molar-refractivity contribution is 7.87. The van der Waals surface area contributed by atoms with E-state index in [0.717, 1.165) is 5.56 Å². The Morgan fingerprint density at radius 1 is 1.09 bits per heavy atom. The molecular formula is C16H18N2O4S. The second-order valence-electron chi connectivity index (χ2n) is 4.89. The summed E-state index contributed by atoms with van der Waals surface area (Å²) in [7, 11) is -4.07. The maximum Gasteiger partial charge on any atom is 0.339 e. The van der Waals surface area contributed by atoms with E-state index in [-0.39, 0.29) is 16.3 Å². The standard InChI is InChI=1S/C16H18N2O4S/c1-12-6-8-13(9-7-12)23(20,21)22-15-5-3-2-4-14(16(15)19)18-11-10-17/h2-9H,10-11,17H2,1H3,(H,18,19). The van der Waals surface area contributed by atoms with E-state index >= 15 is 0 Å². The largest absolute Gasteiger partial charge is 0.381 e. The van der Waals surface area contributed by atoms with Crippen molar-refractivity contribution in [3.8, 4) is 5.75 Å². The predicted octanol–water partition coefficient (Wildman–Crippen LogP) is 1.49. The molecular weight excluding hydrogens is 316 g/mol. The summed E-state index contributed by atoms with van der Waals surface area (Å²) in [6, 6.07) is 12.2. The quantitative estimate of drug-likeness (QED) is 0.777. The number of rotatable bonds is 6. The van der Waals surface area contributed by atoms with E-state index in [2.05, 4.69) is 5.32 Å². The first-order chi connectivity index (χ1) is 10.9. The van der Waals surface area contributed by atoms with Crippen LogP contribution < -0.4 is 20.7 Å². The summed E-state index contributed by atoms with van der Waals surface area (Å²) in [4.78, 5) is 12.3. The molecule has 0 heterocycles. The van der Waals surface area contributed by atoms with Crippen molar-refractivity contribution in [2.45, 2.75) is 11.8 Å². The highest BCUT2D eigenvalue weighted by atomic mass is 32.2. The molecule has 0 saturated carbocycles. The maximum atomic E-state index is 12.3. The van der Waals surface area contributed by atoms with Crippen molar-refractivity contribution in [1.29, 1.82) is 0 Å². The summed E-state index contributed by atoms with van der Waals surface area (Å²) in [6.07, 6.45) is 0. The third-order valence-corrected chi connectivity index (χ3v) is 4.31. The first-order valence-electron chi connectivity index (χ1n) is 7.02. The minimum Gasteiger partial charge on any atom is -0.381 e. The van der Waals surface area contributed by atoms with Gasteiger partial charge in [0, 0.05) is 13.1 Å². The highest BCUT2D eigenvalue weighted by Gasteiger charge is 2.18. The van der Waals surface area contributed by atoms with E-state index in [9.17, 15) is 13.2 Å². The Labute approximate surface area is 135 Å². The summed E-state index contributed by atoms with van der Waals surface area (Å²) >= 11 is 0. The molecule has 0 unspecified atom stereocenters. The molecule has 122 valence electrons. The van der Waals surface area contributed by atoms with Gasteiger partial charge in [0.1, 0.15) is 4.90 Å². The molecule has 6 nitrogen and oxygen atoms in total. The monoisotopic (exact) mass is 334 g/mol. The zero-order valence-electron chi connectivity index (χ0n) is 12.7. The lowest BCUT2D eigenvalue weighted by atomic mass is 10.2. The SMILES string of the molecule is Cc1ccc(S(=O)(=O)Oc2ccccc(NCCN)c2=O)cc1. The van der Waals surface area contributed by atoms with Crippen molar-refractivity contribution >= 4 is 15.8 Å². The van der Waals surface area contributed by atoms with Crippen molar-refractivity contribution in [3.63, 3.8) is 0 Å². The van der Waals surface area contributed by atoms with Gasteiger partial charge in [-0.3, -0.25) is 4.79 Å². The van der Waals surface area contributed by atoms with E-state index in [4.69, 9.17) is 9.92 Å². The third-order valence-electron chi connectivity index (χ3n) is 3.06. The summed E-state index contributed by atoms with van der Waals surface area (Å²) in [5.41, 5.74) is 6.01. The number of nitrogens with two attached hydrogens (primary N) is 1. The fraction of sp³-hybridized carbons (Fsp3) is 0.188. The van der Waals surface area contributed by atoms with Crippen molar-refractivity contribution in [2.24, 2.45) is 5.73 Å². The number of benzene rings is 1. The number of nitrogens with one attached hydrogen (secondary N) is 1. The van der Waals surface area contributed by atoms with Gasteiger partial charge in [0.25, 0.3) is 0 Å². The van der Waals surface area contributed by atoms with E-state index < -0.39 is 15.5 Å². The molecule has 0 aromatic heterocycles. The van der Waals surface area contributed by atoms with Crippen LogP contribution in [-0.2, 0) is 10.1 Å². The van der Waals surface area contributed by atoms with Crippen LogP contribution in [-0.4, -0.2) is 21.5 Å². The van der Waals surface area contributed by atoms with Crippen molar-refractivity contribution in [3.05, 3.63) is 64.3 Å². The molecule has 2 aromatic carbocycles. The highest BCUT2D eigenvalue weighted by Crippen LogP contribution is 2.17. The van der Waals surface area contributed by atoms with Gasteiger partial charge >= 0.3 is 10.1 Å². The summed E-state index contributed by atoms with van der Waals surface area (Å²) < 4.78 is 29.6. The van der Waals surface area contributed by atoms with E-state index in [1.807, 2.05) is 6.92 Å². The molecule has 0 saturated heterocycles. The van der Waals surface area contributed by atoms with Crippen molar-refractivity contribution < 1.29 is 12.6 Å². The summed E-state index contributed by atoms with van der Waals surface area (Å²) in [5, 5.41) is 2.84. The van der Waals surface area contributed by atoms with Gasteiger partial charge in [0.2, 0.25) is 5.43 Å². The topological polar surface area (TPSA) is 98.5 Å². The normalized spacial score (nSPS) is 11.0. The van der Waals surface area contributed by atoms with Gasteiger partial charge in [-0.05, 0) is 31.2 Å². The van der Waals surface area contributed by atoms with Crippen LogP contribution in [0.3, 0.4) is 0 Å². The average molecular weight is 334 g/mol. The zero-order chi connectivity index (χ0) is 16.9. The van der Waals surface area contributed by atoms with Crippen LogP contribution in [0.2, 0.25) is 0 Å². The van der Waals surface area contributed by atoms with Gasteiger partial charge in [0.05, 0.1) is 5.69 Å². The molecule has 0 atom stereocenters. The van der Waals surface area contributed by atoms with Crippen molar-refractivity contribution in [1.82, 2.24) is 0 Å². The van der Waals surface area contributed by atoms with Gasteiger partial charge in [-0.15, -0.1) is 0 Å². The Bertz CT molecular complexity index is 833. The molecule has 0 aliphatic rings. The van der Waals surface area contributed by atoms with Crippen LogP contribution >= 0.6 is 0 Å². The van der Waals surface area contributed by atoms with Gasteiger partial charge in [-0.25, -0.2) is 0 Å². The van der Waals surface area contributed by atoms with Crippen LogP contribution in [0.4, 0.5) is 5.69 Å². The molecule has 0 spiro atoms. The van der Waals surface area contributed by atoms with Crippen LogP contribution in [0.15, 0.2) is 58.2 Å². The zero-order valence-corrected chi connectivity index (χ0v) is 13.5. The Kier molecular flexibility index (Phi) is 5.36. The molecule has 2 rings (SSSR count). The molecule has 7 heteroatoms. The van der Waals surface area contributed by atoms with E-state index in [1.165, 1.54) is 24.3 Å². The number of hydrogen-bond donors (Lipinski definition) is 2. The molecule has 0 aliphatic heterocycles. The van der Waals surface area contributed by atoms with E-state index in [1.54, 1.807) is 24.3 Å². The van der Waals surface area contributed by atoms with Crippen LogP contribution in [0, 0.1) is 6.92 Å². The molecule has 3 N–H and O–H groups in total. The molecule has 0 fully saturated rings. The second-order valence-corrected chi connectivity index (χ2v) is 6.44. The molecule has 0 bridgehead atoms. The lowest BCUT2D eigenvalue weighted by molar-refractivity contribution is 0.484. The molecule has 0 aliphatic carbocycles. The first kappa shape index (κ1) is 17.0. The molecule has 0 amide bonds. The Morgan fingerprint density at radius 3 is 2.39 bits per heavy atom. The first-order valence-corrected chi connectivity index (χ1v) is 8.43.